The van der Waals surface area contributed by atoms with Crippen LogP contribution in [0.3, 0.4) is 0 Å². The van der Waals surface area contributed by atoms with Crippen molar-refractivity contribution in [2.45, 2.75) is 26.0 Å². The van der Waals surface area contributed by atoms with E-state index in [1.165, 1.54) is 24.3 Å². The Bertz CT molecular complexity index is 429. The summed E-state index contributed by atoms with van der Waals surface area (Å²) < 4.78 is 17.9. The number of carbonyl (C=O) groups excluding carboxylic acids is 1. The summed E-state index contributed by atoms with van der Waals surface area (Å²) in [6.45, 7) is 3.56. The first kappa shape index (κ1) is 19.6. The highest BCUT2D eigenvalue weighted by Crippen LogP contribution is 2.11. The van der Waals surface area contributed by atoms with E-state index in [0.717, 1.165) is 0 Å². The third-order valence-corrected chi connectivity index (χ3v) is 2.97. The van der Waals surface area contributed by atoms with E-state index < -0.39 is 6.10 Å². The highest BCUT2D eigenvalue weighted by molar-refractivity contribution is 5.85. The topological polar surface area (TPSA) is 84.6 Å². The van der Waals surface area contributed by atoms with Gasteiger partial charge in [0.05, 0.1) is 0 Å². The predicted molar refractivity (Wildman–Crippen MR) is 81.0 cm³/mol. The van der Waals surface area contributed by atoms with Crippen molar-refractivity contribution >= 4 is 18.3 Å². The molecule has 3 atom stereocenters. The van der Waals surface area contributed by atoms with Crippen LogP contribution in [0.5, 0.6) is 5.75 Å². The molecule has 0 saturated carbocycles. The van der Waals surface area contributed by atoms with Gasteiger partial charge in [0.2, 0.25) is 5.91 Å². The van der Waals surface area contributed by atoms with Crippen LogP contribution in [0.25, 0.3) is 0 Å². The number of halogens is 2. The minimum Gasteiger partial charge on any atom is -0.491 e. The second kappa shape index (κ2) is 9.55. The number of nitrogens with two attached hydrogens (primary N) is 1. The molecular weight excluding hydrogens is 299 g/mol. The number of ether oxygens (including phenoxy) is 1. The Balaban J connectivity index is 0.00000400. The molecule has 0 fully saturated rings. The van der Waals surface area contributed by atoms with Crippen LogP contribution in [0.15, 0.2) is 24.3 Å². The summed E-state index contributed by atoms with van der Waals surface area (Å²) in [5.41, 5.74) is 5.61. The van der Waals surface area contributed by atoms with Crippen molar-refractivity contribution in [2.75, 3.05) is 13.2 Å². The summed E-state index contributed by atoms with van der Waals surface area (Å²) in [5.74, 6) is -0.420. The first-order valence-corrected chi connectivity index (χ1v) is 6.50. The van der Waals surface area contributed by atoms with Crippen molar-refractivity contribution < 1.29 is 19.0 Å². The number of rotatable bonds is 7. The van der Waals surface area contributed by atoms with Gasteiger partial charge in [-0.15, -0.1) is 12.4 Å². The van der Waals surface area contributed by atoms with E-state index >= 15 is 0 Å². The Morgan fingerprint density at radius 2 is 1.95 bits per heavy atom. The molecule has 1 amide bonds. The zero-order valence-electron chi connectivity index (χ0n) is 12.1. The van der Waals surface area contributed by atoms with Crippen LogP contribution in [0, 0.1) is 11.7 Å². The zero-order valence-corrected chi connectivity index (χ0v) is 12.9. The fraction of sp³-hybridized carbons (Fsp3) is 0.500. The fourth-order valence-electron chi connectivity index (χ4n) is 1.40. The number of benzene rings is 1. The Morgan fingerprint density at radius 1 is 1.38 bits per heavy atom. The molecule has 1 aromatic rings. The molecule has 1 aromatic carbocycles. The summed E-state index contributed by atoms with van der Waals surface area (Å²) >= 11 is 0. The van der Waals surface area contributed by atoms with Gasteiger partial charge in [-0.3, -0.25) is 4.79 Å². The number of amides is 1. The lowest BCUT2D eigenvalue weighted by Gasteiger charge is -2.17. The average Bonchev–Trinajstić information content (AvgIpc) is 2.43. The maximum atomic E-state index is 12.7. The monoisotopic (exact) mass is 320 g/mol. The van der Waals surface area contributed by atoms with Gasteiger partial charge in [-0.25, -0.2) is 4.39 Å². The largest absolute Gasteiger partial charge is 0.491 e. The summed E-state index contributed by atoms with van der Waals surface area (Å²) in [6, 6.07) is 5.24. The molecule has 4 N–H and O–H groups in total. The number of aliphatic hydroxyl groups is 1. The molecule has 7 heteroatoms. The summed E-state index contributed by atoms with van der Waals surface area (Å²) in [4.78, 5) is 11.6. The molecule has 1 rings (SSSR count). The van der Waals surface area contributed by atoms with Crippen LogP contribution in [-0.2, 0) is 4.79 Å². The molecule has 0 bridgehead atoms. The van der Waals surface area contributed by atoms with Gasteiger partial charge in [0.1, 0.15) is 24.3 Å². The van der Waals surface area contributed by atoms with Crippen LogP contribution < -0.4 is 15.8 Å². The third-order valence-electron chi connectivity index (χ3n) is 2.97. The summed E-state index contributed by atoms with van der Waals surface area (Å²) in [7, 11) is 0. The van der Waals surface area contributed by atoms with Crippen LogP contribution >= 0.6 is 12.4 Å². The molecule has 3 unspecified atom stereocenters. The molecule has 21 heavy (non-hydrogen) atoms. The summed E-state index contributed by atoms with van der Waals surface area (Å²) in [6.07, 6.45) is -0.843. The van der Waals surface area contributed by atoms with Crippen molar-refractivity contribution in [3.05, 3.63) is 30.1 Å². The Labute approximate surface area is 130 Å². The molecule has 0 heterocycles. The van der Waals surface area contributed by atoms with Crippen molar-refractivity contribution in [1.82, 2.24) is 5.32 Å². The SMILES string of the molecule is CC(N)C(C)C(=O)NCC(O)COc1ccc(F)cc1.Cl. The number of carbonyl (C=O) groups is 1. The van der Waals surface area contributed by atoms with E-state index in [1.54, 1.807) is 13.8 Å². The van der Waals surface area contributed by atoms with E-state index in [0.29, 0.717) is 5.75 Å². The molecule has 0 radical (unpaired) electrons. The van der Waals surface area contributed by atoms with E-state index in [2.05, 4.69) is 5.32 Å². The maximum Gasteiger partial charge on any atom is 0.224 e. The van der Waals surface area contributed by atoms with Crippen LogP contribution in [-0.4, -0.2) is 36.3 Å². The van der Waals surface area contributed by atoms with Gasteiger partial charge in [0.25, 0.3) is 0 Å². The minimum atomic E-state index is -0.843. The molecule has 0 aliphatic rings. The molecule has 0 aliphatic heterocycles. The van der Waals surface area contributed by atoms with Gasteiger partial charge in [0.15, 0.2) is 0 Å². The average molecular weight is 321 g/mol. The Hall–Kier alpha value is -1.37. The Kier molecular flexibility index (Phi) is 8.92. The number of nitrogens with one attached hydrogen (secondary N) is 1. The molecule has 120 valence electrons. The van der Waals surface area contributed by atoms with E-state index in [4.69, 9.17) is 10.5 Å². The van der Waals surface area contributed by atoms with Gasteiger partial charge in [-0.1, -0.05) is 6.92 Å². The molecule has 5 nitrogen and oxygen atoms in total. The lowest BCUT2D eigenvalue weighted by molar-refractivity contribution is -0.125. The van der Waals surface area contributed by atoms with Crippen LogP contribution in [0.4, 0.5) is 4.39 Å². The number of aliphatic hydroxyl groups excluding tert-OH is 1. The molecule has 0 spiro atoms. The van der Waals surface area contributed by atoms with E-state index in [1.807, 2.05) is 0 Å². The smallest absolute Gasteiger partial charge is 0.224 e. The molecule has 0 aliphatic carbocycles. The predicted octanol–water partition coefficient (Wildman–Crippen LogP) is 1.09. The highest BCUT2D eigenvalue weighted by atomic mass is 35.5. The minimum absolute atomic E-state index is 0. The second-order valence-corrected chi connectivity index (χ2v) is 4.81. The zero-order chi connectivity index (χ0) is 15.1. The molecule has 0 aromatic heterocycles. The van der Waals surface area contributed by atoms with Crippen molar-refractivity contribution in [3.8, 4) is 5.75 Å². The first-order valence-electron chi connectivity index (χ1n) is 6.50. The van der Waals surface area contributed by atoms with Gasteiger partial charge in [-0.05, 0) is 31.2 Å². The van der Waals surface area contributed by atoms with Crippen molar-refractivity contribution in [3.63, 3.8) is 0 Å². The number of hydrogen-bond donors (Lipinski definition) is 3. The van der Waals surface area contributed by atoms with Crippen LogP contribution in [0.1, 0.15) is 13.8 Å². The van der Waals surface area contributed by atoms with Gasteiger partial charge in [-0.2, -0.15) is 0 Å². The van der Waals surface area contributed by atoms with E-state index in [-0.39, 0.29) is 49.2 Å². The van der Waals surface area contributed by atoms with E-state index in [9.17, 15) is 14.3 Å². The first-order chi connectivity index (χ1) is 9.40. The lowest BCUT2D eigenvalue weighted by atomic mass is 10.0. The van der Waals surface area contributed by atoms with Gasteiger partial charge >= 0.3 is 0 Å². The Morgan fingerprint density at radius 3 is 2.48 bits per heavy atom. The molecule has 0 saturated heterocycles. The maximum absolute atomic E-state index is 12.7. The van der Waals surface area contributed by atoms with Crippen molar-refractivity contribution in [1.29, 1.82) is 0 Å². The summed E-state index contributed by atoms with van der Waals surface area (Å²) in [5, 5.41) is 12.3. The quantitative estimate of drug-likeness (QED) is 0.702. The second-order valence-electron chi connectivity index (χ2n) is 4.81. The standard InChI is InChI=1S/C14H21FN2O3.ClH/c1-9(10(2)16)14(19)17-7-12(18)8-20-13-5-3-11(15)4-6-13;/h3-6,9-10,12,18H,7-8,16H2,1-2H3,(H,17,19);1H. The number of hydrogen-bond acceptors (Lipinski definition) is 4. The lowest BCUT2D eigenvalue weighted by Crippen LogP contribution is -2.42. The fourth-order valence-corrected chi connectivity index (χ4v) is 1.40. The third kappa shape index (κ3) is 7.27. The van der Waals surface area contributed by atoms with Gasteiger partial charge in [0, 0.05) is 18.5 Å². The van der Waals surface area contributed by atoms with Crippen LogP contribution in [0.2, 0.25) is 0 Å². The molecular formula is C14H22ClFN2O3. The normalized spacial score (nSPS) is 14.5. The van der Waals surface area contributed by atoms with Gasteiger partial charge < -0.3 is 20.9 Å². The highest BCUT2D eigenvalue weighted by Gasteiger charge is 2.17. The van der Waals surface area contributed by atoms with Crippen molar-refractivity contribution in [2.24, 2.45) is 11.7 Å².